The molecule has 1 aromatic carbocycles. The molecule has 3 rings (SSSR count). The van der Waals surface area contributed by atoms with E-state index >= 15 is 0 Å². The summed E-state index contributed by atoms with van der Waals surface area (Å²) in [6.45, 7) is 9.98. The molecule has 5 nitrogen and oxygen atoms in total. The van der Waals surface area contributed by atoms with E-state index in [1.807, 2.05) is 26.1 Å². The number of hydrogen-bond donors (Lipinski definition) is 2. The fourth-order valence-electron chi connectivity index (χ4n) is 2.40. The van der Waals surface area contributed by atoms with Crippen molar-refractivity contribution in [3.63, 3.8) is 0 Å². The normalized spacial score (nSPS) is 14.9. The molecule has 0 saturated carbocycles. The highest BCUT2D eigenvalue weighted by Crippen LogP contribution is 2.22. The van der Waals surface area contributed by atoms with Crippen molar-refractivity contribution in [2.75, 3.05) is 7.05 Å². The second-order valence-corrected chi connectivity index (χ2v) is 5.37. The van der Waals surface area contributed by atoms with Crippen LogP contribution in [0.1, 0.15) is 24.5 Å². The summed E-state index contributed by atoms with van der Waals surface area (Å²) in [7, 11) is 1.83. The van der Waals surface area contributed by atoms with Crippen molar-refractivity contribution in [1.82, 2.24) is 10.3 Å². The van der Waals surface area contributed by atoms with Gasteiger partial charge in [0, 0.05) is 20.0 Å². The van der Waals surface area contributed by atoms with E-state index in [0.29, 0.717) is 0 Å². The van der Waals surface area contributed by atoms with E-state index in [4.69, 9.17) is 5.41 Å². The lowest BCUT2D eigenvalue weighted by Gasteiger charge is -2.23. The monoisotopic (exact) mass is 375 g/mol. The molecule has 0 radical (unpaired) electrons. The molecule has 2 aliphatic rings. The molecule has 0 unspecified atom stereocenters. The van der Waals surface area contributed by atoms with Gasteiger partial charge < -0.3 is 10.7 Å². The van der Waals surface area contributed by atoms with E-state index in [0.717, 1.165) is 18.1 Å². The predicted molar refractivity (Wildman–Crippen MR) is 123 cm³/mol. The summed E-state index contributed by atoms with van der Waals surface area (Å²) in [4.78, 5) is 4.11. The molecule has 1 aliphatic carbocycles. The van der Waals surface area contributed by atoms with E-state index in [-0.39, 0.29) is 0 Å². The number of nitrogens with one attached hydrogen (secondary N) is 2. The van der Waals surface area contributed by atoms with Crippen molar-refractivity contribution >= 4 is 25.2 Å². The molecular weight excluding hydrogens is 346 g/mol. The van der Waals surface area contributed by atoms with Crippen LogP contribution in [0, 0.1) is 25.2 Å². The summed E-state index contributed by atoms with van der Waals surface area (Å²) in [5.74, 6) is 1.64. The van der Waals surface area contributed by atoms with Gasteiger partial charge in [0.2, 0.25) is 0 Å². The first-order chi connectivity index (χ1) is 13.7. The van der Waals surface area contributed by atoms with Gasteiger partial charge in [0.1, 0.15) is 5.82 Å². The standard InChI is InChI=1S/C12H12.C8H12N4.C2H2.CH3N/c1-10-6-8-12(9-7-10)11-4-2-3-5-11;1-4-7-11-6-5-8(9-2)12(7)10-3;2*1-2/h2-4,6-9H,5H2,1H3;4-6,9H,3H2,1-2H3;1-2H;2H,1H2/b;7-4-;;. The fraction of sp³-hybridized carbons (Fsp3) is 0.174. The zero-order valence-electron chi connectivity index (χ0n) is 16.9. The third kappa shape index (κ3) is 7.30. The fourth-order valence-corrected chi connectivity index (χ4v) is 2.40. The van der Waals surface area contributed by atoms with Crippen molar-refractivity contribution in [3.05, 3.63) is 77.4 Å². The average molecular weight is 376 g/mol. The van der Waals surface area contributed by atoms with E-state index in [1.165, 1.54) is 16.7 Å². The lowest BCUT2D eigenvalue weighted by atomic mass is 10.0. The summed E-state index contributed by atoms with van der Waals surface area (Å²) < 4.78 is 0. The molecule has 0 fully saturated rings. The molecule has 0 atom stereocenters. The number of benzene rings is 1. The Bertz CT molecular complexity index is 777. The van der Waals surface area contributed by atoms with E-state index in [2.05, 4.69) is 91.1 Å². The number of allylic oxidation sites excluding steroid dienone is 6. The molecule has 0 spiro atoms. The van der Waals surface area contributed by atoms with Gasteiger partial charge in [0.25, 0.3) is 0 Å². The minimum Gasteiger partial charge on any atom is -0.373 e. The highest BCUT2D eigenvalue weighted by molar-refractivity contribution is 5.74. The largest absolute Gasteiger partial charge is 0.373 e. The predicted octanol–water partition coefficient (Wildman–Crippen LogP) is 4.76. The minimum absolute atomic E-state index is 0.775. The highest BCUT2D eigenvalue weighted by Gasteiger charge is 2.12. The van der Waals surface area contributed by atoms with E-state index in [9.17, 15) is 0 Å². The van der Waals surface area contributed by atoms with Crippen LogP contribution in [0.2, 0.25) is 0 Å². The summed E-state index contributed by atoms with van der Waals surface area (Å²) in [6, 6.07) is 8.70. The number of hydrogen-bond acceptors (Lipinski definition) is 5. The zero-order valence-corrected chi connectivity index (χ0v) is 16.9. The maximum atomic E-state index is 5.50. The van der Waals surface area contributed by atoms with Crippen LogP contribution in [0.25, 0.3) is 5.57 Å². The molecule has 5 heteroatoms. The number of aryl methyl sites for hydroxylation is 1. The SMILES string of the molecule is C#C.C=N.C=NN1C(NC)=CC=N/C1=C/C.Cc1ccc(C2=CC=CC2)cc1. The molecule has 0 amide bonds. The van der Waals surface area contributed by atoms with Crippen molar-refractivity contribution < 1.29 is 0 Å². The van der Waals surface area contributed by atoms with Crippen LogP contribution < -0.4 is 5.32 Å². The van der Waals surface area contributed by atoms with Crippen molar-refractivity contribution in [2.45, 2.75) is 20.3 Å². The van der Waals surface area contributed by atoms with Crippen LogP contribution in [-0.4, -0.2) is 31.7 Å². The van der Waals surface area contributed by atoms with Gasteiger partial charge in [-0.1, -0.05) is 48.1 Å². The summed E-state index contributed by atoms with van der Waals surface area (Å²) >= 11 is 0. The van der Waals surface area contributed by atoms with Crippen molar-refractivity contribution in [1.29, 1.82) is 5.41 Å². The molecule has 0 aromatic heterocycles. The third-order valence-electron chi connectivity index (χ3n) is 3.73. The second-order valence-electron chi connectivity index (χ2n) is 5.37. The van der Waals surface area contributed by atoms with Gasteiger partial charge >= 0.3 is 0 Å². The molecule has 0 saturated heterocycles. The Labute approximate surface area is 169 Å². The van der Waals surface area contributed by atoms with Gasteiger partial charge in [-0.05, 0) is 50.3 Å². The molecule has 0 bridgehead atoms. The Kier molecular flexibility index (Phi) is 12.6. The summed E-state index contributed by atoms with van der Waals surface area (Å²) in [6.07, 6.45) is 21.0. The summed E-state index contributed by atoms with van der Waals surface area (Å²) in [5, 5.41) is 14.0. The lowest BCUT2D eigenvalue weighted by molar-refractivity contribution is 0.421. The maximum Gasteiger partial charge on any atom is 0.151 e. The zero-order chi connectivity index (χ0) is 21.4. The third-order valence-corrected chi connectivity index (χ3v) is 3.73. The Morgan fingerprint density at radius 3 is 2.32 bits per heavy atom. The van der Waals surface area contributed by atoms with Gasteiger partial charge in [-0.25, -0.2) is 10.0 Å². The summed E-state index contributed by atoms with van der Waals surface area (Å²) in [5.41, 5.74) is 4.10. The van der Waals surface area contributed by atoms with Crippen LogP contribution in [-0.2, 0) is 0 Å². The van der Waals surface area contributed by atoms with E-state index < -0.39 is 0 Å². The second kappa shape index (κ2) is 14.5. The Balaban J connectivity index is 0.000000443. The molecule has 1 aliphatic heterocycles. The van der Waals surface area contributed by atoms with E-state index in [1.54, 1.807) is 11.2 Å². The topological polar surface area (TPSA) is 63.8 Å². The van der Waals surface area contributed by atoms with Gasteiger partial charge in [0.05, 0.1) is 0 Å². The van der Waals surface area contributed by atoms with Gasteiger partial charge in [-0.3, -0.25) is 0 Å². The Morgan fingerprint density at radius 2 is 1.86 bits per heavy atom. The lowest BCUT2D eigenvalue weighted by Crippen LogP contribution is -2.26. The number of terminal acetylenes is 1. The van der Waals surface area contributed by atoms with Crippen LogP contribution in [0.5, 0.6) is 0 Å². The molecule has 1 aromatic rings. The first kappa shape index (κ1) is 24.4. The van der Waals surface area contributed by atoms with Gasteiger partial charge in [-0.15, -0.1) is 12.8 Å². The van der Waals surface area contributed by atoms with Crippen LogP contribution in [0.15, 0.2) is 76.4 Å². The maximum absolute atomic E-state index is 5.50. The quantitative estimate of drug-likeness (QED) is 0.591. The number of rotatable bonds is 3. The molecule has 146 valence electrons. The number of aliphatic imine (C=N–C) groups is 1. The highest BCUT2D eigenvalue weighted by atomic mass is 15.5. The Hall–Kier alpha value is -3.65. The molecule has 2 N–H and O–H groups in total. The van der Waals surface area contributed by atoms with Crippen LogP contribution in [0.4, 0.5) is 0 Å². The van der Waals surface area contributed by atoms with Crippen molar-refractivity contribution in [2.24, 2.45) is 10.1 Å². The van der Waals surface area contributed by atoms with Gasteiger partial charge in [0.15, 0.2) is 5.82 Å². The first-order valence-corrected chi connectivity index (χ1v) is 8.66. The molecule has 1 heterocycles. The van der Waals surface area contributed by atoms with Gasteiger partial charge in [-0.2, -0.15) is 5.10 Å². The Morgan fingerprint density at radius 1 is 1.21 bits per heavy atom. The van der Waals surface area contributed by atoms with Crippen LogP contribution in [0.3, 0.4) is 0 Å². The number of hydrazone groups is 1. The molecular formula is C23H29N5. The number of nitrogens with zero attached hydrogens (tertiary/aromatic N) is 3. The minimum atomic E-state index is 0.775. The first-order valence-electron chi connectivity index (χ1n) is 8.66. The average Bonchev–Trinajstić information content (AvgIpc) is 3.31. The molecule has 28 heavy (non-hydrogen) atoms. The van der Waals surface area contributed by atoms with Crippen LogP contribution >= 0.6 is 0 Å². The van der Waals surface area contributed by atoms with Crippen molar-refractivity contribution in [3.8, 4) is 12.8 Å². The smallest absolute Gasteiger partial charge is 0.151 e.